The van der Waals surface area contributed by atoms with Crippen molar-refractivity contribution in [2.75, 3.05) is 0 Å². The number of hydrogen-bond acceptors (Lipinski definition) is 2. The third-order valence-electron chi connectivity index (χ3n) is 1.42. The highest BCUT2D eigenvalue weighted by Gasteiger charge is 1.96. The molecule has 56 valence electrons. The highest BCUT2D eigenvalue weighted by Crippen LogP contribution is 1.97. The van der Waals surface area contributed by atoms with E-state index in [2.05, 4.69) is 9.97 Å². The van der Waals surface area contributed by atoms with Gasteiger partial charge in [-0.05, 0) is 19.8 Å². The van der Waals surface area contributed by atoms with Gasteiger partial charge in [0.1, 0.15) is 0 Å². The molecular formula is C7H13N3. The number of imidazole rings is 1. The fraction of sp³-hybridized carbons (Fsp3) is 0.571. The molecule has 1 atom stereocenters. The van der Waals surface area contributed by atoms with Crippen molar-refractivity contribution in [1.82, 2.24) is 9.97 Å². The van der Waals surface area contributed by atoms with Crippen LogP contribution in [0.5, 0.6) is 0 Å². The number of rotatable bonds is 3. The second-order valence-electron chi connectivity index (χ2n) is 2.59. The van der Waals surface area contributed by atoms with Crippen molar-refractivity contribution in [3.63, 3.8) is 0 Å². The Morgan fingerprint density at radius 3 is 3.10 bits per heavy atom. The van der Waals surface area contributed by atoms with Crippen LogP contribution in [-0.2, 0) is 6.42 Å². The first-order valence-electron chi connectivity index (χ1n) is 3.52. The Labute approximate surface area is 60.7 Å². The van der Waals surface area contributed by atoms with Gasteiger partial charge >= 0.3 is 0 Å². The maximum Gasteiger partial charge on any atom is 0.0921 e. The van der Waals surface area contributed by atoms with E-state index in [1.165, 1.54) is 0 Å². The van der Waals surface area contributed by atoms with Gasteiger partial charge in [-0.25, -0.2) is 4.98 Å². The number of aromatic amines is 1. The molecule has 3 N–H and O–H groups in total. The molecule has 1 rings (SSSR count). The minimum absolute atomic E-state index is 0.281. The quantitative estimate of drug-likeness (QED) is 0.647. The lowest BCUT2D eigenvalue weighted by molar-refractivity contribution is 0.660. The Morgan fingerprint density at radius 1 is 1.80 bits per heavy atom. The van der Waals surface area contributed by atoms with Gasteiger partial charge in [0.15, 0.2) is 0 Å². The molecule has 0 aliphatic carbocycles. The van der Waals surface area contributed by atoms with E-state index in [0.717, 1.165) is 18.5 Å². The van der Waals surface area contributed by atoms with Gasteiger partial charge in [-0.1, -0.05) is 0 Å². The van der Waals surface area contributed by atoms with Gasteiger partial charge in [-0.15, -0.1) is 0 Å². The van der Waals surface area contributed by atoms with Crippen LogP contribution < -0.4 is 5.73 Å². The monoisotopic (exact) mass is 139 g/mol. The summed E-state index contributed by atoms with van der Waals surface area (Å²) in [6.45, 7) is 2.01. The van der Waals surface area contributed by atoms with E-state index in [1.807, 2.05) is 13.1 Å². The predicted molar refractivity (Wildman–Crippen MR) is 40.6 cm³/mol. The summed E-state index contributed by atoms with van der Waals surface area (Å²) < 4.78 is 0. The maximum absolute atomic E-state index is 5.57. The maximum atomic E-state index is 5.57. The van der Waals surface area contributed by atoms with Crippen molar-refractivity contribution in [2.24, 2.45) is 5.73 Å². The number of hydrogen-bond donors (Lipinski definition) is 2. The SMILES string of the molecule is CC(N)CCc1cnc[nH]1. The zero-order valence-electron chi connectivity index (χ0n) is 6.17. The molecule has 3 nitrogen and oxygen atoms in total. The molecule has 0 amide bonds. The van der Waals surface area contributed by atoms with Crippen LogP contribution in [0.3, 0.4) is 0 Å². The number of aromatic nitrogens is 2. The lowest BCUT2D eigenvalue weighted by Crippen LogP contribution is -2.15. The first kappa shape index (κ1) is 7.28. The number of aryl methyl sites for hydroxylation is 1. The average molecular weight is 139 g/mol. The van der Waals surface area contributed by atoms with Crippen LogP contribution >= 0.6 is 0 Å². The summed E-state index contributed by atoms with van der Waals surface area (Å²) in [7, 11) is 0. The highest BCUT2D eigenvalue weighted by atomic mass is 14.9. The van der Waals surface area contributed by atoms with E-state index in [-0.39, 0.29) is 6.04 Å². The van der Waals surface area contributed by atoms with E-state index in [0.29, 0.717) is 0 Å². The predicted octanol–water partition coefficient (Wildman–Crippen LogP) is 0.690. The smallest absolute Gasteiger partial charge is 0.0921 e. The second-order valence-corrected chi connectivity index (χ2v) is 2.59. The van der Waals surface area contributed by atoms with Gasteiger partial charge in [0.05, 0.1) is 6.33 Å². The molecular weight excluding hydrogens is 126 g/mol. The number of nitrogens with two attached hydrogens (primary N) is 1. The van der Waals surface area contributed by atoms with Crippen molar-refractivity contribution in [2.45, 2.75) is 25.8 Å². The fourth-order valence-corrected chi connectivity index (χ4v) is 0.805. The summed E-state index contributed by atoms with van der Waals surface area (Å²) >= 11 is 0. The first-order chi connectivity index (χ1) is 4.79. The molecule has 0 spiro atoms. The molecule has 0 fully saturated rings. The molecule has 0 aliphatic heterocycles. The van der Waals surface area contributed by atoms with E-state index in [1.54, 1.807) is 6.33 Å². The Bertz CT molecular complexity index is 167. The molecule has 0 saturated heterocycles. The van der Waals surface area contributed by atoms with Crippen LogP contribution in [0.4, 0.5) is 0 Å². The molecule has 0 radical (unpaired) electrons. The minimum Gasteiger partial charge on any atom is -0.348 e. The van der Waals surface area contributed by atoms with Crippen LogP contribution in [0, 0.1) is 0 Å². The lowest BCUT2D eigenvalue weighted by Gasteiger charge is -2.00. The van der Waals surface area contributed by atoms with Crippen molar-refractivity contribution < 1.29 is 0 Å². The minimum atomic E-state index is 0.281. The number of nitrogens with zero attached hydrogens (tertiary/aromatic N) is 1. The standard InChI is InChI=1S/C7H13N3/c1-6(8)2-3-7-4-9-5-10-7/h4-6H,2-3,8H2,1H3,(H,9,10). The zero-order chi connectivity index (χ0) is 7.40. The molecule has 1 aromatic heterocycles. The summed E-state index contributed by atoms with van der Waals surface area (Å²) in [5.41, 5.74) is 6.74. The van der Waals surface area contributed by atoms with E-state index in [9.17, 15) is 0 Å². The normalized spacial score (nSPS) is 13.4. The topological polar surface area (TPSA) is 54.7 Å². The Morgan fingerprint density at radius 2 is 2.60 bits per heavy atom. The Kier molecular flexibility index (Phi) is 2.45. The molecule has 1 heterocycles. The summed E-state index contributed by atoms with van der Waals surface area (Å²) in [6.07, 6.45) is 5.54. The summed E-state index contributed by atoms with van der Waals surface area (Å²) in [5, 5.41) is 0. The van der Waals surface area contributed by atoms with Gasteiger partial charge in [0.25, 0.3) is 0 Å². The fourth-order valence-electron chi connectivity index (χ4n) is 0.805. The molecule has 1 aromatic rings. The second kappa shape index (κ2) is 3.37. The van der Waals surface area contributed by atoms with Crippen molar-refractivity contribution in [3.8, 4) is 0 Å². The number of H-pyrrole nitrogens is 1. The summed E-state index contributed by atoms with van der Waals surface area (Å²) in [4.78, 5) is 6.93. The van der Waals surface area contributed by atoms with Crippen LogP contribution in [0.1, 0.15) is 19.0 Å². The van der Waals surface area contributed by atoms with Gasteiger partial charge < -0.3 is 10.7 Å². The molecule has 0 bridgehead atoms. The lowest BCUT2D eigenvalue weighted by atomic mass is 10.2. The third kappa shape index (κ3) is 2.19. The molecule has 0 saturated carbocycles. The summed E-state index contributed by atoms with van der Waals surface area (Å²) in [5.74, 6) is 0. The van der Waals surface area contributed by atoms with Gasteiger partial charge in [-0.3, -0.25) is 0 Å². The first-order valence-corrected chi connectivity index (χ1v) is 3.52. The van der Waals surface area contributed by atoms with E-state index < -0.39 is 0 Å². The summed E-state index contributed by atoms with van der Waals surface area (Å²) in [6, 6.07) is 0.281. The molecule has 0 aromatic carbocycles. The van der Waals surface area contributed by atoms with E-state index >= 15 is 0 Å². The molecule has 3 heteroatoms. The third-order valence-corrected chi connectivity index (χ3v) is 1.42. The molecule has 1 unspecified atom stereocenters. The van der Waals surface area contributed by atoms with Crippen molar-refractivity contribution in [3.05, 3.63) is 18.2 Å². The number of nitrogens with one attached hydrogen (secondary N) is 1. The van der Waals surface area contributed by atoms with Gasteiger partial charge in [0.2, 0.25) is 0 Å². The highest BCUT2D eigenvalue weighted by molar-refractivity contribution is 4.94. The average Bonchev–Trinajstić information content (AvgIpc) is 2.34. The van der Waals surface area contributed by atoms with Crippen LogP contribution in [-0.4, -0.2) is 16.0 Å². The molecule has 0 aliphatic rings. The van der Waals surface area contributed by atoms with Crippen molar-refractivity contribution >= 4 is 0 Å². The van der Waals surface area contributed by atoms with Crippen LogP contribution in [0.2, 0.25) is 0 Å². The van der Waals surface area contributed by atoms with Crippen molar-refractivity contribution in [1.29, 1.82) is 0 Å². The zero-order valence-corrected chi connectivity index (χ0v) is 6.17. The largest absolute Gasteiger partial charge is 0.348 e. The van der Waals surface area contributed by atoms with Crippen LogP contribution in [0.15, 0.2) is 12.5 Å². The van der Waals surface area contributed by atoms with E-state index in [4.69, 9.17) is 5.73 Å². The Hall–Kier alpha value is -0.830. The van der Waals surface area contributed by atoms with Crippen LogP contribution in [0.25, 0.3) is 0 Å². The Balaban J connectivity index is 2.28. The molecule has 10 heavy (non-hydrogen) atoms. The van der Waals surface area contributed by atoms with Gasteiger partial charge in [-0.2, -0.15) is 0 Å². The van der Waals surface area contributed by atoms with Gasteiger partial charge in [0, 0.05) is 17.9 Å².